The van der Waals surface area contributed by atoms with Crippen molar-refractivity contribution in [2.45, 2.75) is 46.2 Å². The fraction of sp³-hybridized carbons (Fsp3) is 0.526. The highest BCUT2D eigenvalue weighted by Crippen LogP contribution is 2.37. The summed E-state index contributed by atoms with van der Waals surface area (Å²) in [5, 5.41) is 0. The first-order valence-corrected chi connectivity index (χ1v) is 9.32. The van der Waals surface area contributed by atoms with E-state index in [4.69, 9.17) is 25.5 Å². The molecule has 1 heterocycles. The first-order chi connectivity index (χ1) is 12.7. The predicted molar refractivity (Wildman–Crippen MR) is 100 cm³/mol. The third kappa shape index (κ3) is 5.44. The van der Waals surface area contributed by atoms with E-state index >= 15 is 0 Å². The van der Waals surface area contributed by atoms with Gasteiger partial charge in [0.25, 0.3) is 0 Å². The molecule has 7 nitrogen and oxygen atoms in total. The van der Waals surface area contributed by atoms with E-state index in [0.717, 1.165) is 4.47 Å². The summed E-state index contributed by atoms with van der Waals surface area (Å²) in [6.45, 7) is 13.9. The van der Waals surface area contributed by atoms with Gasteiger partial charge in [0.1, 0.15) is 12.4 Å². The summed E-state index contributed by atoms with van der Waals surface area (Å²) in [4.78, 5) is 26.2. The zero-order valence-electron chi connectivity index (χ0n) is 15.6. The van der Waals surface area contributed by atoms with E-state index in [0.29, 0.717) is 11.4 Å². The van der Waals surface area contributed by atoms with Gasteiger partial charge >= 0.3 is 11.9 Å². The van der Waals surface area contributed by atoms with E-state index in [1.807, 2.05) is 13.8 Å². The summed E-state index contributed by atoms with van der Waals surface area (Å²) < 4.78 is 23.2. The Balaban J connectivity index is 2.28. The molecule has 5 unspecified atom stereocenters. The maximum Gasteiger partial charge on any atom is 0.303 e. The molecule has 0 aliphatic carbocycles. The van der Waals surface area contributed by atoms with E-state index in [-0.39, 0.29) is 18.4 Å². The van der Waals surface area contributed by atoms with Gasteiger partial charge in [0.05, 0.1) is 12.7 Å². The van der Waals surface area contributed by atoms with Crippen molar-refractivity contribution in [2.75, 3.05) is 6.61 Å². The molecule has 0 radical (unpaired) electrons. The number of esters is 2. The summed E-state index contributed by atoms with van der Waals surface area (Å²) in [6.07, 6.45) is -2.01. The van der Waals surface area contributed by atoms with Crippen LogP contribution in [0.15, 0.2) is 22.7 Å². The van der Waals surface area contributed by atoms with Crippen LogP contribution in [0.25, 0.3) is 4.85 Å². The van der Waals surface area contributed by atoms with Crippen LogP contribution in [0.3, 0.4) is 0 Å². The number of halogens is 1. The van der Waals surface area contributed by atoms with Crippen molar-refractivity contribution < 1.29 is 28.5 Å². The summed E-state index contributed by atoms with van der Waals surface area (Å²) in [5.74, 6) is -0.681. The molecule has 1 aliphatic rings. The van der Waals surface area contributed by atoms with Crippen molar-refractivity contribution >= 4 is 33.6 Å². The van der Waals surface area contributed by atoms with Gasteiger partial charge in [-0.3, -0.25) is 9.59 Å². The zero-order valence-corrected chi connectivity index (χ0v) is 17.2. The molecule has 2 rings (SSSR count). The summed E-state index contributed by atoms with van der Waals surface area (Å²) in [6, 6.07) is 5.03. The molecule has 0 bridgehead atoms. The number of nitrogens with zero attached hydrogens (tertiary/aromatic N) is 1. The first kappa shape index (κ1) is 21.2. The summed E-state index contributed by atoms with van der Waals surface area (Å²) >= 11 is 3.32. The molecule has 1 aromatic carbocycles. The van der Waals surface area contributed by atoms with Gasteiger partial charge in [-0.25, -0.2) is 4.85 Å². The van der Waals surface area contributed by atoms with Crippen molar-refractivity contribution in [2.24, 2.45) is 11.8 Å². The Labute approximate surface area is 166 Å². The highest BCUT2D eigenvalue weighted by molar-refractivity contribution is 9.10. The summed E-state index contributed by atoms with van der Waals surface area (Å²) in [7, 11) is 0. The molecule has 0 saturated carbocycles. The second-order valence-corrected chi connectivity index (χ2v) is 7.40. The van der Waals surface area contributed by atoms with Gasteiger partial charge in [0, 0.05) is 24.2 Å². The molecule has 8 heteroatoms. The lowest BCUT2D eigenvalue weighted by Gasteiger charge is -2.43. The van der Waals surface area contributed by atoms with Gasteiger partial charge in [0.2, 0.25) is 12.0 Å². The van der Waals surface area contributed by atoms with Crippen molar-refractivity contribution in [3.63, 3.8) is 0 Å². The van der Waals surface area contributed by atoms with Crippen molar-refractivity contribution in [1.29, 1.82) is 0 Å². The van der Waals surface area contributed by atoms with Crippen LogP contribution in [0.2, 0.25) is 0 Å². The van der Waals surface area contributed by atoms with Crippen LogP contribution < -0.4 is 4.74 Å². The molecular weight excluding hydrogens is 418 g/mol. The van der Waals surface area contributed by atoms with E-state index in [2.05, 4.69) is 20.8 Å². The van der Waals surface area contributed by atoms with Crippen molar-refractivity contribution in [3.05, 3.63) is 34.1 Å². The number of carbonyl (C=O) groups is 2. The zero-order chi connectivity index (χ0) is 20.1. The molecule has 27 heavy (non-hydrogen) atoms. The van der Waals surface area contributed by atoms with Crippen molar-refractivity contribution in [3.8, 4) is 5.75 Å². The van der Waals surface area contributed by atoms with Gasteiger partial charge in [-0.15, -0.1) is 0 Å². The maximum absolute atomic E-state index is 11.6. The highest BCUT2D eigenvalue weighted by atomic mass is 79.9. The number of carbonyl (C=O) groups excluding carboxylic acids is 2. The Kier molecular flexibility index (Phi) is 7.22. The number of ether oxygens (including phenoxy) is 4. The van der Waals surface area contributed by atoms with E-state index in [9.17, 15) is 9.59 Å². The van der Waals surface area contributed by atoms with Crippen LogP contribution in [0, 0.1) is 18.4 Å². The number of benzene rings is 1. The van der Waals surface area contributed by atoms with Gasteiger partial charge in [0.15, 0.2) is 6.10 Å². The van der Waals surface area contributed by atoms with Crippen LogP contribution in [-0.4, -0.2) is 37.0 Å². The number of hydrogen-bond donors (Lipinski definition) is 0. The van der Waals surface area contributed by atoms with Gasteiger partial charge in [-0.05, 0) is 24.1 Å². The Morgan fingerprint density at radius 2 is 1.93 bits per heavy atom. The smallest absolute Gasteiger partial charge is 0.303 e. The topological polar surface area (TPSA) is 75.4 Å². The monoisotopic (exact) mass is 439 g/mol. The molecule has 0 spiro atoms. The van der Waals surface area contributed by atoms with E-state index in [1.165, 1.54) is 13.8 Å². The molecule has 1 aliphatic heterocycles. The standard InChI is InChI=1S/C19H22BrNO6/c1-10-11(2)18(25-13(4)23)19(27-17(10)9-24-12(3)22)26-16-7-6-14(20)8-15(16)21-5/h6-8,10-11,17-19H,9H2,1-4H3. The third-order valence-electron chi connectivity index (χ3n) is 4.55. The van der Waals surface area contributed by atoms with Gasteiger partial charge in [-0.2, -0.15) is 0 Å². The SMILES string of the molecule is [C-]#[N+]c1cc(Br)ccc1OC1OC(COC(C)=O)C(C)C(C)C1OC(C)=O. The van der Waals surface area contributed by atoms with Crippen LogP contribution in [0.4, 0.5) is 5.69 Å². The lowest BCUT2D eigenvalue weighted by atomic mass is 9.83. The highest BCUT2D eigenvalue weighted by Gasteiger charge is 2.45. The van der Waals surface area contributed by atoms with Gasteiger partial charge in [-0.1, -0.05) is 29.8 Å². The first-order valence-electron chi connectivity index (χ1n) is 8.52. The second kappa shape index (κ2) is 9.20. The van der Waals surface area contributed by atoms with Crippen LogP contribution >= 0.6 is 15.9 Å². The minimum Gasteiger partial charge on any atom is -0.472 e. The Hall–Kier alpha value is -2.11. The Bertz CT molecular complexity index is 744. The minimum absolute atomic E-state index is 0.0428. The molecule has 1 saturated heterocycles. The molecule has 1 fully saturated rings. The molecule has 1 aromatic rings. The lowest BCUT2D eigenvalue weighted by Crippen LogP contribution is -2.54. The number of rotatable bonds is 5. The molecule has 146 valence electrons. The number of hydrogen-bond acceptors (Lipinski definition) is 6. The van der Waals surface area contributed by atoms with Crippen LogP contribution in [-0.2, 0) is 23.8 Å². The second-order valence-electron chi connectivity index (χ2n) is 6.48. The Morgan fingerprint density at radius 1 is 1.22 bits per heavy atom. The van der Waals surface area contributed by atoms with E-state index < -0.39 is 30.4 Å². The van der Waals surface area contributed by atoms with Crippen molar-refractivity contribution in [1.82, 2.24) is 0 Å². The van der Waals surface area contributed by atoms with Gasteiger partial charge < -0.3 is 18.9 Å². The average Bonchev–Trinajstić information content (AvgIpc) is 2.60. The molecule has 5 atom stereocenters. The van der Waals surface area contributed by atoms with Crippen LogP contribution in [0.1, 0.15) is 27.7 Å². The largest absolute Gasteiger partial charge is 0.472 e. The molecule has 0 N–H and O–H groups in total. The fourth-order valence-electron chi connectivity index (χ4n) is 2.90. The molecule has 0 amide bonds. The summed E-state index contributed by atoms with van der Waals surface area (Å²) in [5.41, 5.74) is 0.303. The predicted octanol–water partition coefficient (Wildman–Crippen LogP) is 3.87. The van der Waals surface area contributed by atoms with E-state index in [1.54, 1.807) is 18.2 Å². The molecular formula is C19H22BrNO6. The third-order valence-corrected chi connectivity index (χ3v) is 5.04. The quantitative estimate of drug-likeness (QED) is 0.511. The van der Waals surface area contributed by atoms with Crippen LogP contribution in [0.5, 0.6) is 5.75 Å². The fourth-order valence-corrected chi connectivity index (χ4v) is 3.25. The maximum atomic E-state index is 11.6. The lowest BCUT2D eigenvalue weighted by molar-refractivity contribution is -0.253. The minimum atomic E-state index is -0.928. The molecule has 0 aromatic heterocycles. The Morgan fingerprint density at radius 3 is 2.52 bits per heavy atom. The average molecular weight is 440 g/mol. The normalized spacial score (nSPS) is 27.3.